The van der Waals surface area contributed by atoms with Crippen molar-refractivity contribution < 1.29 is 14.4 Å². The largest absolute Gasteiger partial charge is 0.324 e. The van der Waals surface area contributed by atoms with Crippen LogP contribution in [0.25, 0.3) is 0 Å². The number of carbonyl (C=O) groups excluding carboxylic acids is 3. The van der Waals surface area contributed by atoms with E-state index in [1.807, 2.05) is 0 Å². The highest BCUT2D eigenvalue weighted by molar-refractivity contribution is 6.42. The minimum Gasteiger partial charge on any atom is -0.324 e. The van der Waals surface area contributed by atoms with Gasteiger partial charge in [0.2, 0.25) is 17.7 Å². The molecule has 4 aliphatic carbocycles. The lowest BCUT2D eigenvalue weighted by molar-refractivity contribution is -0.146. The second-order valence-electron chi connectivity index (χ2n) is 8.00. The van der Waals surface area contributed by atoms with E-state index in [0.29, 0.717) is 27.6 Å². The number of allylic oxidation sites excluding steroid dienone is 2. The van der Waals surface area contributed by atoms with E-state index in [0.717, 1.165) is 6.42 Å². The number of nitrogens with zero attached hydrogens (tertiary/aromatic N) is 1. The molecular weight excluding hydrogens is 387 g/mol. The normalized spacial score (nSPS) is 36.5. The molecule has 1 aliphatic heterocycles. The minimum atomic E-state index is -0.874. The Balaban J connectivity index is 1.37. The summed E-state index contributed by atoms with van der Waals surface area (Å²) in [5, 5.41) is 3.43. The van der Waals surface area contributed by atoms with Crippen molar-refractivity contribution in [1.82, 2.24) is 4.90 Å². The smallest absolute Gasteiger partial charge is 0.247 e. The third-order valence-electron chi connectivity index (χ3n) is 6.65. The molecule has 3 amide bonds. The molecule has 2 bridgehead atoms. The molecular formula is C20H18Cl2N2O3. The lowest BCUT2D eigenvalue weighted by Gasteiger charge is -2.37. The van der Waals surface area contributed by atoms with Crippen molar-refractivity contribution in [3.05, 3.63) is 40.4 Å². The fourth-order valence-corrected chi connectivity index (χ4v) is 5.60. The zero-order valence-electron chi connectivity index (χ0n) is 14.6. The second kappa shape index (κ2) is 5.82. The van der Waals surface area contributed by atoms with Crippen LogP contribution >= 0.6 is 23.2 Å². The SMILES string of the molecule is C[C@H](C(=O)Nc1ccc(Cl)c(Cl)c1)N1C(=O)[C@@H]2[C@H]3C=C[C@@H]([C@@H]4C[C@H]34)[C@@H]2C1=O. The Hall–Kier alpha value is -1.85. The molecule has 1 N–H and O–H groups in total. The number of nitrogens with one attached hydrogen (secondary N) is 1. The predicted octanol–water partition coefficient (Wildman–Crippen LogP) is 3.37. The Morgan fingerprint density at radius 2 is 1.67 bits per heavy atom. The van der Waals surface area contributed by atoms with Crippen molar-refractivity contribution in [2.45, 2.75) is 19.4 Å². The average molecular weight is 405 g/mol. The zero-order chi connectivity index (χ0) is 19.0. The summed E-state index contributed by atoms with van der Waals surface area (Å²) in [7, 11) is 0. The van der Waals surface area contributed by atoms with Crippen molar-refractivity contribution in [2.24, 2.45) is 35.5 Å². The number of hydrogen-bond donors (Lipinski definition) is 1. The van der Waals surface area contributed by atoms with Gasteiger partial charge in [-0.05, 0) is 55.2 Å². The van der Waals surface area contributed by atoms with E-state index >= 15 is 0 Å². The first-order valence-electron chi connectivity index (χ1n) is 9.19. The summed E-state index contributed by atoms with van der Waals surface area (Å²) in [6.07, 6.45) is 5.35. The standard InChI is InChI=1S/C20H18Cl2N2O3/c1-8(18(25)23-9-2-5-14(21)15(22)6-9)24-19(26)16-10-3-4-11(13-7-12(10)13)17(16)20(24)27/h2-6,8,10-13,16-17H,7H2,1H3,(H,23,25)/t8-,10+,11+,12-,13+,16-,17+/m1/s1. The van der Waals surface area contributed by atoms with Gasteiger partial charge in [-0.25, -0.2) is 0 Å². The average Bonchev–Trinajstić information content (AvgIpc) is 3.42. The van der Waals surface area contributed by atoms with Crippen LogP contribution in [0.2, 0.25) is 10.0 Å². The molecule has 1 aromatic rings. The molecule has 1 aromatic carbocycles. The van der Waals surface area contributed by atoms with Crippen LogP contribution in [-0.2, 0) is 14.4 Å². The van der Waals surface area contributed by atoms with Crippen LogP contribution in [0.4, 0.5) is 5.69 Å². The first kappa shape index (κ1) is 17.3. The summed E-state index contributed by atoms with van der Waals surface area (Å²) >= 11 is 11.9. The van der Waals surface area contributed by atoms with Gasteiger partial charge in [-0.2, -0.15) is 0 Å². The molecule has 7 heteroatoms. The van der Waals surface area contributed by atoms with Gasteiger partial charge in [0.05, 0.1) is 21.9 Å². The number of benzene rings is 1. The molecule has 5 nitrogen and oxygen atoms in total. The number of imide groups is 1. The van der Waals surface area contributed by atoms with Crippen LogP contribution in [-0.4, -0.2) is 28.7 Å². The highest BCUT2D eigenvalue weighted by Crippen LogP contribution is 2.65. The maximum atomic E-state index is 13.1. The molecule has 0 aromatic heterocycles. The molecule has 0 radical (unpaired) electrons. The molecule has 5 aliphatic rings. The van der Waals surface area contributed by atoms with Crippen LogP contribution in [0.1, 0.15) is 13.3 Å². The van der Waals surface area contributed by atoms with Gasteiger partial charge >= 0.3 is 0 Å². The van der Waals surface area contributed by atoms with E-state index in [-0.39, 0.29) is 35.5 Å². The van der Waals surface area contributed by atoms with Gasteiger partial charge in [-0.1, -0.05) is 35.4 Å². The van der Waals surface area contributed by atoms with Gasteiger partial charge in [0.25, 0.3) is 0 Å². The topological polar surface area (TPSA) is 66.5 Å². The van der Waals surface area contributed by atoms with E-state index in [4.69, 9.17) is 23.2 Å². The summed E-state index contributed by atoms with van der Waals surface area (Å²) in [5.74, 6) is -0.0321. The number of carbonyl (C=O) groups is 3. The Labute approximate surface area is 166 Å². The number of halogens is 2. The molecule has 2 saturated carbocycles. The maximum Gasteiger partial charge on any atom is 0.247 e. The van der Waals surface area contributed by atoms with Crippen molar-refractivity contribution in [1.29, 1.82) is 0 Å². The Bertz CT molecular complexity index is 878. The van der Waals surface area contributed by atoms with Gasteiger partial charge in [0.15, 0.2) is 0 Å². The Morgan fingerprint density at radius 3 is 2.22 bits per heavy atom. The first-order valence-corrected chi connectivity index (χ1v) is 9.95. The van der Waals surface area contributed by atoms with Crippen molar-refractivity contribution in [3.63, 3.8) is 0 Å². The molecule has 7 atom stereocenters. The Morgan fingerprint density at radius 1 is 1.07 bits per heavy atom. The molecule has 0 unspecified atom stereocenters. The predicted molar refractivity (Wildman–Crippen MR) is 101 cm³/mol. The minimum absolute atomic E-state index is 0.150. The number of likely N-dealkylation sites (tertiary alicyclic amines) is 1. The lowest BCUT2D eigenvalue weighted by atomic mass is 9.63. The highest BCUT2D eigenvalue weighted by Gasteiger charge is 2.67. The van der Waals surface area contributed by atoms with Crippen LogP contribution in [0.3, 0.4) is 0 Å². The zero-order valence-corrected chi connectivity index (χ0v) is 16.1. The highest BCUT2D eigenvalue weighted by atomic mass is 35.5. The fraction of sp³-hybridized carbons (Fsp3) is 0.450. The Kier molecular flexibility index (Phi) is 3.72. The van der Waals surface area contributed by atoms with Crippen LogP contribution in [0.5, 0.6) is 0 Å². The molecule has 3 fully saturated rings. The van der Waals surface area contributed by atoms with E-state index in [9.17, 15) is 14.4 Å². The van der Waals surface area contributed by atoms with E-state index in [1.54, 1.807) is 25.1 Å². The maximum absolute atomic E-state index is 13.1. The van der Waals surface area contributed by atoms with E-state index in [1.165, 1.54) is 4.90 Å². The summed E-state index contributed by atoms with van der Waals surface area (Å²) in [5.41, 5.74) is 0.473. The molecule has 27 heavy (non-hydrogen) atoms. The quantitative estimate of drug-likeness (QED) is 0.620. The van der Waals surface area contributed by atoms with Crippen molar-refractivity contribution >= 4 is 46.6 Å². The van der Waals surface area contributed by atoms with Crippen LogP contribution in [0.15, 0.2) is 30.4 Å². The monoisotopic (exact) mass is 404 g/mol. The van der Waals surface area contributed by atoms with E-state index < -0.39 is 11.9 Å². The van der Waals surface area contributed by atoms with Crippen molar-refractivity contribution in [3.8, 4) is 0 Å². The van der Waals surface area contributed by atoms with Crippen LogP contribution in [0, 0.1) is 35.5 Å². The molecule has 0 spiro atoms. The first-order chi connectivity index (χ1) is 12.9. The number of hydrogen-bond acceptors (Lipinski definition) is 3. The summed E-state index contributed by atoms with van der Waals surface area (Å²) in [6.45, 7) is 1.59. The molecule has 140 valence electrons. The third-order valence-corrected chi connectivity index (χ3v) is 7.39. The van der Waals surface area contributed by atoms with Gasteiger partial charge < -0.3 is 5.32 Å². The number of amides is 3. The van der Waals surface area contributed by atoms with Crippen molar-refractivity contribution in [2.75, 3.05) is 5.32 Å². The van der Waals surface area contributed by atoms with Gasteiger partial charge in [0.1, 0.15) is 6.04 Å². The van der Waals surface area contributed by atoms with Gasteiger partial charge in [-0.3, -0.25) is 19.3 Å². The van der Waals surface area contributed by atoms with Crippen LogP contribution < -0.4 is 5.32 Å². The molecule has 1 heterocycles. The molecule has 6 rings (SSSR count). The number of anilines is 1. The summed E-state index contributed by atoms with van der Waals surface area (Å²) in [4.78, 5) is 40.0. The van der Waals surface area contributed by atoms with Gasteiger partial charge in [0, 0.05) is 5.69 Å². The third kappa shape index (κ3) is 2.41. The lowest BCUT2D eigenvalue weighted by Crippen LogP contribution is -2.46. The summed E-state index contributed by atoms with van der Waals surface area (Å²) < 4.78 is 0. The number of rotatable bonds is 3. The molecule has 1 saturated heterocycles. The second-order valence-corrected chi connectivity index (χ2v) is 8.81. The van der Waals surface area contributed by atoms with Gasteiger partial charge in [-0.15, -0.1) is 0 Å². The van der Waals surface area contributed by atoms with E-state index in [2.05, 4.69) is 17.5 Å². The summed E-state index contributed by atoms with van der Waals surface area (Å²) in [6, 6.07) is 3.88. The fourth-order valence-electron chi connectivity index (χ4n) is 5.30.